The van der Waals surface area contributed by atoms with Gasteiger partial charge in [0.2, 0.25) is 5.91 Å². The van der Waals surface area contributed by atoms with E-state index in [1.165, 1.54) is 37.6 Å². The monoisotopic (exact) mass is 283 g/mol. The highest BCUT2D eigenvalue weighted by molar-refractivity contribution is 8.13. The summed E-state index contributed by atoms with van der Waals surface area (Å²) in [5.74, 6) is 0.819. The Bertz CT molecular complexity index is 377. The predicted octanol–water partition coefficient (Wildman–Crippen LogP) is 0.898. The van der Waals surface area contributed by atoms with E-state index < -0.39 is 0 Å². The summed E-state index contributed by atoms with van der Waals surface area (Å²) in [7, 11) is 0. The molecule has 19 heavy (non-hydrogen) atoms. The van der Waals surface area contributed by atoms with Gasteiger partial charge in [-0.15, -0.1) is 0 Å². The maximum atomic E-state index is 12.0. The highest BCUT2D eigenvalue weighted by Crippen LogP contribution is 2.27. The van der Waals surface area contributed by atoms with Crippen LogP contribution in [-0.2, 0) is 4.79 Å². The fourth-order valence-electron chi connectivity index (χ4n) is 3.41. The molecule has 5 nitrogen and oxygen atoms in total. The van der Waals surface area contributed by atoms with E-state index >= 15 is 0 Å². The van der Waals surface area contributed by atoms with E-state index in [1.807, 2.05) is 0 Å². The first-order valence-electron chi connectivity index (χ1n) is 7.19. The molecule has 3 aliphatic rings. The summed E-state index contributed by atoms with van der Waals surface area (Å²) in [5.41, 5.74) is 0. The highest BCUT2D eigenvalue weighted by Gasteiger charge is 2.36. The van der Waals surface area contributed by atoms with Crippen molar-refractivity contribution in [3.63, 3.8) is 0 Å². The maximum absolute atomic E-state index is 12.0. The third-order valence-corrected chi connectivity index (χ3v) is 5.27. The second kappa shape index (κ2) is 5.71. The van der Waals surface area contributed by atoms with Gasteiger partial charge in [-0.1, -0.05) is 18.2 Å². The van der Waals surface area contributed by atoms with Crippen LogP contribution in [0.3, 0.4) is 0 Å². The van der Waals surface area contributed by atoms with E-state index in [0.29, 0.717) is 12.6 Å². The maximum Gasteiger partial charge on any atom is 0.282 e. The fraction of sp³-hybridized carbons (Fsp3) is 0.846. The minimum atomic E-state index is 0.00766. The van der Waals surface area contributed by atoms with E-state index in [1.54, 1.807) is 4.90 Å². The van der Waals surface area contributed by atoms with Gasteiger partial charge in [-0.05, 0) is 25.8 Å². The van der Waals surface area contributed by atoms with Gasteiger partial charge in [-0.2, -0.15) is 0 Å². The van der Waals surface area contributed by atoms with Crippen molar-refractivity contribution < 1.29 is 9.59 Å². The van der Waals surface area contributed by atoms with Gasteiger partial charge in [0.25, 0.3) is 5.24 Å². The number of nitrogens with zero attached hydrogens (tertiary/aromatic N) is 2. The number of thioether (sulfide) groups is 1. The van der Waals surface area contributed by atoms with Crippen molar-refractivity contribution in [2.75, 3.05) is 31.9 Å². The first-order chi connectivity index (χ1) is 9.24. The molecule has 0 aliphatic carbocycles. The lowest BCUT2D eigenvalue weighted by molar-refractivity contribution is -0.122. The summed E-state index contributed by atoms with van der Waals surface area (Å²) in [6.07, 6.45) is 4.81. The average Bonchev–Trinajstić information content (AvgIpc) is 2.98. The fourth-order valence-corrected chi connectivity index (χ4v) is 4.24. The van der Waals surface area contributed by atoms with E-state index in [0.717, 1.165) is 18.7 Å². The van der Waals surface area contributed by atoms with Crippen LogP contribution >= 0.6 is 11.8 Å². The van der Waals surface area contributed by atoms with Crippen LogP contribution < -0.4 is 5.32 Å². The summed E-state index contributed by atoms with van der Waals surface area (Å²) in [6, 6.07) is 0.819. The number of hydrogen-bond donors (Lipinski definition) is 1. The van der Waals surface area contributed by atoms with E-state index in [2.05, 4.69) is 10.2 Å². The number of piperidine rings is 1. The van der Waals surface area contributed by atoms with Crippen molar-refractivity contribution >= 4 is 22.9 Å². The molecule has 3 fully saturated rings. The molecule has 2 amide bonds. The molecule has 0 saturated carbocycles. The van der Waals surface area contributed by atoms with Crippen molar-refractivity contribution in [3.8, 4) is 0 Å². The summed E-state index contributed by atoms with van der Waals surface area (Å²) in [5, 5.41) is 3.18. The Morgan fingerprint density at radius 1 is 1.26 bits per heavy atom. The minimum absolute atomic E-state index is 0.00766. The van der Waals surface area contributed by atoms with Crippen LogP contribution in [0.2, 0.25) is 0 Å². The molecule has 3 rings (SSSR count). The summed E-state index contributed by atoms with van der Waals surface area (Å²) in [6.45, 7) is 3.22. The van der Waals surface area contributed by atoms with Gasteiger partial charge in [0.1, 0.15) is 6.54 Å². The molecule has 0 bridgehead atoms. The number of carbonyl (C=O) groups excluding carboxylic acids is 2. The molecule has 0 aromatic heterocycles. The standard InChI is InChI=1S/C13H21N3O2S/c17-12(9-16-7-8-19-13(16)18)14-10-4-6-15-5-2-1-3-11(10)15/h10-11H,1-9H2,(H,14,17). The van der Waals surface area contributed by atoms with E-state index in [9.17, 15) is 9.59 Å². The SMILES string of the molecule is O=C(CN1CCSC1=O)NC1CCN2CCCCC12. The first-order valence-corrected chi connectivity index (χ1v) is 8.18. The van der Waals surface area contributed by atoms with Crippen LogP contribution in [0.5, 0.6) is 0 Å². The molecule has 0 aromatic rings. The summed E-state index contributed by atoms with van der Waals surface area (Å²) >= 11 is 1.31. The second-order valence-corrected chi connectivity index (χ2v) is 6.64. The molecule has 3 heterocycles. The summed E-state index contributed by atoms with van der Waals surface area (Å²) in [4.78, 5) is 27.7. The molecule has 3 saturated heterocycles. The van der Waals surface area contributed by atoms with Gasteiger partial charge in [0.15, 0.2) is 0 Å². The third kappa shape index (κ3) is 2.89. The smallest absolute Gasteiger partial charge is 0.282 e. The second-order valence-electron chi connectivity index (χ2n) is 5.60. The molecule has 1 N–H and O–H groups in total. The minimum Gasteiger partial charge on any atom is -0.350 e. The van der Waals surface area contributed by atoms with Gasteiger partial charge in [0.05, 0.1) is 0 Å². The Kier molecular flexibility index (Phi) is 3.98. The van der Waals surface area contributed by atoms with Crippen LogP contribution in [-0.4, -0.2) is 65.0 Å². The molecular formula is C13H21N3O2S. The lowest BCUT2D eigenvalue weighted by Crippen LogP contribution is -2.49. The number of carbonyl (C=O) groups is 2. The van der Waals surface area contributed by atoms with Crippen LogP contribution in [0.25, 0.3) is 0 Å². The van der Waals surface area contributed by atoms with Crippen molar-refractivity contribution in [2.24, 2.45) is 0 Å². The zero-order valence-electron chi connectivity index (χ0n) is 11.1. The van der Waals surface area contributed by atoms with Gasteiger partial charge < -0.3 is 10.2 Å². The first kappa shape index (κ1) is 13.2. The Balaban J connectivity index is 1.50. The Morgan fingerprint density at radius 3 is 2.95 bits per heavy atom. The Hall–Kier alpha value is -0.750. The molecule has 2 unspecified atom stereocenters. The van der Waals surface area contributed by atoms with Crippen molar-refractivity contribution in [3.05, 3.63) is 0 Å². The Labute approximate surface area is 118 Å². The third-order valence-electron chi connectivity index (χ3n) is 4.38. The largest absolute Gasteiger partial charge is 0.350 e. The number of nitrogens with one attached hydrogen (secondary N) is 1. The quantitative estimate of drug-likeness (QED) is 0.836. The van der Waals surface area contributed by atoms with Crippen LogP contribution in [0, 0.1) is 0 Å². The molecule has 106 valence electrons. The van der Waals surface area contributed by atoms with E-state index in [-0.39, 0.29) is 23.7 Å². The van der Waals surface area contributed by atoms with Gasteiger partial charge in [0, 0.05) is 30.9 Å². The molecule has 0 spiro atoms. The van der Waals surface area contributed by atoms with Gasteiger partial charge in [-0.25, -0.2) is 0 Å². The van der Waals surface area contributed by atoms with Crippen molar-refractivity contribution in [1.82, 2.24) is 15.1 Å². The average molecular weight is 283 g/mol. The van der Waals surface area contributed by atoms with E-state index in [4.69, 9.17) is 0 Å². The number of fused-ring (bicyclic) bond motifs is 1. The van der Waals surface area contributed by atoms with Crippen molar-refractivity contribution in [1.29, 1.82) is 0 Å². The van der Waals surface area contributed by atoms with Crippen LogP contribution in [0.15, 0.2) is 0 Å². The number of amides is 2. The molecule has 3 aliphatic heterocycles. The Morgan fingerprint density at radius 2 is 2.16 bits per heavy atom. The van der Waals surface area contributed by atoms with Gasteiger partial charge >= 0.3 is 0 Å². The molecule has 0 aromatic carbocycles. The predicted molar refractivity (Wildman–Crippen MR) is 75.2 cm³/mol. The molecule has 2 atom stereocenters. The number of hydrogen-bond acceptors (Lipinski definition) is 4. The molecular weight excluding hydrogens is 262 g/mol. The number of rotatable bonds is 3. The lowest BCUT2D eigenvalue weighted by atomic mass is 9.99. The molecule has 0 radical (unpaired) electrons. The van der Waals surface area contributed by atoms with Gasteiger partial charge in [-0.3, -0.25) is 14.5 Å². The topological polar surface area (TPSA) is 52.7 Å². The van der Waals surface area contributed by atoms with Crippen molar-refractivity contribution in [2.45, 2.75) is 37.8 Å². The molecule has 6 heteroatoms. The van der Waals surface area contributed by atoms with Crippen LogP contribution in [0.1, 0.15) is 25.7 Å². The van der Waals surface area contributed by atoms with Crippen LogP contribution in [0.4, 0.5) is 4.79 Å². The normalized spacial score (nSPS) is 31.6. The zero-order valence-corrected chi connectivity index (χ0v) is 12.0. The summed E-state index contributed by atoms with van der Waals surface area (Å²) < 4.78 is 0. The zero-order chi connectivity index (χ0) is 13.2. The highest BCUT2D eigenvalue weighted by atomic mass is 32.2. The lowest BCUT2D eigenvalue weighted by Gasteiger charge is -2.32.